The van der Waals surface area contributed by atoms with Crippen LogP contribution in [0.25, 0.3) is 0 Å². The number of fused-ring (bicyclic) bond motifs is 1. The van der Waals surface area contributed by atoms with Gasteiger partial charge in [-0.2, -0.15) is 0 Å². The molecule has 0 fully saturated rings. The van der Waals surface area contributed by atoms with Gasteiger partial charge in [-0.25, -0.2) is 4.98 Å². The summed E-state index contributed by atoms with van der Waals surface area (Å²) in [6.45, 7) is 3.81. The lowest BCUT2D eigenvalue weighted by atomic mass is 9.95. The van der Waals surface area contributed by atoms with Crippen molar-refractivity contribution in [3.05, 3.63) is 17.7 Å². The molecule has 0 saturated carbocycles. The molecule has 0 aliphatic heterocycles. The molecule has 2 rings (SSSR count). The number of H-pyrrole nitrogens is 1. The van der Waals surface area contributed by atoms with Crippen LogP contribution in [-0.2, 0) is 11.2 Å². The predicted molar refractivity (Wildman–Crippen MR) is 57.2 cm³/mol. The van der Waals surface area contributed by atoms with E-state index in [2.05, 4.69) is 15.3 Å². The zero-order chi connectivity index (χ0) is 10.8. The molecule has 1 aliphatic rings. The second kappa shape index (κ2) is 4.04. The Morgan fingerprint density at radius 3 is 3.20 bits per heavy atom. The second-order valence-electron chi connectivity index (χ2n) is 4.37. The normalized spacial score (nSPS) is 20.1. The van der Waals surface area contributed by atoms with E-state index in [0.29, 0.717) is 0 Å². The van der Waals surface area contributed by atoms with Crippen LogP contribution < -0.4 is 5.32 Å². The van der Waals surface area contributed by atoms with Crippen LogP contribution in [0.3, 0.4) is 0 Å². The van der Waals surface area contributed by atoms with E-state index in [1.807, 2.05) is 13.8 Å². The van der Waals surface area contributed by atoms with Gasteiger partial charge in [0.25, 0.3) is 0 Å². The van der Waals surface area contributed by atoms with Crippen molar-refractivity contribution in [2.75, 3.05) is 0 Å². The first-order valence-corrected chi connectivity index (χ1v) is 5.51. The lowest BCUT2D eigenvalue weighted by Gasteiger charge is -2.23. The van der Waals surface area contributed by atoms with Gasteiger partial charge in [0, 0.05) is 11.6 Å². The molecule has 0 saturated heterocycles. The summed E-state index contributed by atoms with van der Waals surface area (Å²) in [5, 5.41) is 3.04. The molecule has 2 N–H and O–H groups in total. The average Bonchev–Trinajstić information content (AvgIpc) is 2.66. The molecule has 82 valence electrons. The highest BCUT2D eigenvalue weighted by atomic mass is 16.1. The number of carbonyl (C=O) groups excluding carboxylic acids is 1. The average molecular weight is 207 g/mol. The molecular formula is C11H17N3O. The van der Waals surface area contributed by atoms with Crippen molar-refractivity contribution < 1.29 is 4.79 Å². The molecule has 0 spiro atoms. The summed E-state index contributed by atoms with van der Waals surface area (Å²) in [6.07, 6.45) is 4.86. The van der Waals surface area contributed by atoms with Gasteiger partial charge in [0.2, 0.25) is 5.91 Å². The minimum atomic E-state index is 0.0364. The molecule has 0 bridgehead atoms. The van der Waals surface area contributed by atoms with E-state index in [9.17, 15) is 4.79 Å². The van der Waals surface area contributed by atoms with Crippen LogP contribution in [0, 0.1) is 5.92 Å². The third kappa shape index (κ3) is 2.03. The molecule has 1 heterocycles. The highest BCUT2D eigenvalue weighted by Crippen LogP contribution is 2.26. The van der Waals surface area contributed by atoms with Crippen LogP contribution in [0.5, 0.6) is 0 Å². The monoisotopic (exact) mass is 207 g/mol. The zero-order valence-corrected chi connectivity index (χ0v) is 9.21. The maximum Gasteiger partial charge on any atom is 0.223 e. The predicted octanol–water partition coefficient (Wildman–Crippen LogP) is 1.56. The van der Waals surface area contributed by atoms with E-state index >= 15 is 0 Å². The maximum absolute atomic E-state index is 11.6. The summed E-state index contributed by atoms with van der Waals surface area (Å²) in [6, 6.07) is 0.106. The van der Waals surface area contributed by atoms with Crippen LogP contribution >= 0.6 is 0 Å². The largest absolute Gasteiger partial charge is 0.348 e. The third-order valence-corrected chi connectivity index (χ3v) is 2.84. The summed E-state index contributed by atoms with van der Waals surface area (Å²) in [4.78, 5) is 19.0. The van der Waals surface area contributed by atoms with Crippen molar-refractivity contribution in [3.63, 3.8) is 0 Å². The number of carbonyl (C=O) groups is 1. The number of imidazole rings is 1. The molecule has 4 nitrogen and oxygen atoms in total. The summed E-state index contributed by atoms with van der Waals surface area (Å²) < 4.78 is 0. The molecule has 0 aromatic carbocycles. The summed E-state index contributed by atoms with van der Waals surface area (Å²) in [5.41, 5.74) is 2.20. The second-order valence-corrected chi connectivity index (χ2v) is 4.37. The molecule has 1 aromatic heterocycles. The molecule has 15 heavy (non-hydrogen) atoms. The Hall–Kier alpha value is -1.32. The molecule has 1 unspecified atom stereocenters. The van der Waals surface area contributed by atoms with E-state index in [1.165, 1.54) is 5.69 Å². The van der Waals surface area contributed by atoms with Crippen molar-refractivity contribution >= 4 is 5.91 Å². The Morgan fingerprint density at radius 1 is 1.67 bits per heavy atom. The van der Waals surface area contributed by atoms with Crippen molar-refractivity contribution in [1.82, 2.24) is 15.3 Å². The molecule has 4 heteroatoms. The van der Waals surface area contributed by atoms with Gasteiger partial charge in [0.05, 0.1) is 18.1 Å². The van der Waals surface area contributed by atoms with Crippen molar-refractivity contribution in [2.45, 2.75) is 39.2 Å². The number of nitrogens with one attached hydrogen (secondary N) is 2. The van der Waals surface area contributed by atoms with Crippen LogP contribution in [0.1, 0.15) is 44.1 Å². The minimum Gasteiger partial charge on any atom is -0.348 e. The van der Waals surface area contributed by atoms with Gasteiger partial charge in [-0.1, -0.05) is 13.8 Å². The fourth-order valence-corrected chi connectivity index (χ4v) is 1.93. The zero-order valence-electron chi connectivity index (χ0n) is 9.21. The number of aromatic amines is 1. The van der Waals surface area contributed by atoms with Crippen LogP contribution in [0.2, 0.25) is 0 Å². The molecule has 1 aromatic rings. The van der Waals surface area contributed by atoms with Crippen molar-refractivity contribution in [2.24, 2.45) is 5.92 Å². The van der Waals surface area contributed by atoms with Gasteiger partial charge in [-0.05, 0) is 19.3 Å². The molecular weight excluding hydrogens is 190 g/mol. The minimum absolute atomic E-state index is 0.0364. The van der Waals surface area contributed by atoms with Gasteiger partial charge in [0.1, 0.15) is 0 Å². The Bertz CT molecular complexity index is 356. The highest BCUT2D eigenvalue weighted by Gasteiger charge is 2.24. The third-order valence-electron chi connectivity index (χ3n) is 2.84. The van der Waals surface area contributed by atoms with E-state index in [0.717, 1.165) is 25.0 Å². The number of rotatable bonds is 2. The quantitative estimate of drug-likeness (QED) is 0.773. The van der Waals surface area contributed by atoms with Crippen molar-refractivity contribution in [3.8, 4) is 0 Å². The number of hydrogen-bond donors (Lipinski definition) is 2. The number of aromatic nitrogens is 2. The fraction of sp³-hybridized carbons (Fsp3) is 0.636. The summed E-state index contributed by atoms with van der Waals surface area (Å²) in [7, 11) is 0. The fourth-order valence-electron chi connectivity index (χ4n) is 1.93. The molecule has 0 radical (unpaired) electrons. The van der Waals surface area contributed by atoms with Crippen LogP contribution in [0.4, 0.5) is 0 Å². The van der Waals surface area contributed by atoms with Gasteiger partial charge in [0.15, 0.2) is 0 Å². The van der Waals surface area contributed by atoms with E-state index in [4.69, 9.17) is 0 Å². The highest BCUT2D eigenvalue weighted by molar-refractivity contribution is 5.78. The van der Waals surface area contributed by atoms with Crippen LogP contribution in [0.15, 0.2) is 6.33 Å². The number of aryl methyl sites for hydroxylation is 1. The van der Waals surface area contributed by atoms with Gasteiger partial charge >= 0.3 is 0 Å². The lowest BCUT2D eigenvalue weighted by Crippen LogP contribution is -2.33. The van der Waals surface area contributed by atoms with Gasteiger partial charge in [-0.15, -0.1) is 0 Å². The standard InChI is InChI=1S/C11H17N3O/c1-7(2)11(15)14-9-5-3-4-8-10(9)13-6-12-8/h6-7,9H,3-5H2,1-2H3,(H,12,13)(H,14,15). The first-order chi connectivity index (χ1) is 7.18. The first kappa shape index (κ1) is 10.2. The lowest BCUT2D eigenvalue weighted by molar-refractivity contribution is -0.124. The number of nitrogens with zero attached hydrogens (tertiary/aromatic N) is 1. The molecule has 1 amide bonds. The van der Waals surface area contributed by atoms with Crippen LogP contribution in [-0.4, -0.2) is 15.9 Å². The van der Waals surface area contributed by atoms with E-state index in [1.54, 1.807) is 6.33 Å². The van der Waals surface area contributed by atoms with E-state index < -0.39 is 0 Å². The molecule has 1 atom stereocenters. The smallest absolute Gasteiger partial charge is 0.223 e. The number of hydrogen-bond acceptors (Lipinski definition) is 2. The SMILES string of the molecule is CC(C)C(=O)NC1CCCc2[nH]cnc21. The maximum atomic E-state index is 11.6. The first-order valence-electron chi connectivity index (χ1n) is 5.51. The number of amides is 1. The van der Waals surface area contributed by atoms with E-state index in [-0.39, 0.29) is 17.9 Å². The van der Waals surface area contributed by atoms with Crippen molar-refractivity contribution in [1.29, 1.82) is 0 Å². The summed E-state index contributed by atoms with van der Waals surface area (Å²) in [5.74, 6) is 0.144. The van der Waals surface area contributed by atoms with Gasteiger partial charge in [-0.3, -0.25) is 4.79 Å². The van der Waals surface area contributed by atoms with Gasteiger partial charge < -0.3 is 10.3 Å². The summed E-state index contributed by atoms with van der Waals surface area (Å²) >= 11 is 0. The Morgan fingerprint density at radius 2 is 2.47 bits per heavy atom. The molecule has 1 aliphatic carbocycles. The Labute approximate surface area is 89.5 Å². The topological polar surface area (TPSA) is 57.8 Å². The Kier molecular flexibility index (Phi) is 2.75. The Balaban J connectivity index is 2.10.